The highest BCUT2D eigenvalue weighted by Crippen LogP contribution is 2.28. The fourth-order valence-corrected chi connectivity index (χ4v) is 1.98. The molecule has 4 heteroatoms. The first-order valence-corrected chi connectivity index (χ1v) is 7.74. The predicted molar refractivity (Wildman–Crippen MR) is 87.1 cm³/mol. The summed E-state index contributed by atoms with van der Waals surface area (Å²) >= 11 is 0. The summed E-state index contributed by atoms with van der Waals surface area (Å²) in [7, 11) is 0. The SMILES string of the molecule is CC(C)C(C)(C)C(=O)[C@H](N)CCC(=O)OCc1ccccc1. The van der Waals surface area contributed by atoms with E-state index in [0.29, 0.717) is 6.42 Å². The van der Waals surface area contributed by atoms with Crippen LogP contribution >= 0.6 is 0 Å². The molecule has 0 unspecified atom stereocenters. The lowest BCUT2D eigenvalue weighted by atomic mass is 9.74. The van der Waals surface area contributed by atoms with Crippen LogP contribution in [0.3, 0.4) is 0 Å². The lowest BCUT2D eigenvalue weighted by Gasteiger charge is -2.30. The summed E-state index contributed by atoms with van der Waals surface area (Å²) in [5, 5.41) is 0. The Labute approximate surface area is 133 Å². The lowest BCUT2D eigenvalue weighted by Crippen LogP contribution is -2.43. The molecule has 0 saturated carbocycles. The van der Waals surface area contributed by atoms with E-state index in [1.165, 1.54) is 0 Å². The normalized spacial score (nSPS) is 13.0. The van der Waals surface area contributed by atoms with Crippen molar-refractivity contribution in [1.29, 1.82) is 0 Å². The summed E-state index contributed by atoms with van der Waals surface area (Å²) in [5.41, 5.74) is 6.40. The zero-order valence-electron chi connectivity index (χ0n) is 14.0. The van der Waals surface area contributed by atoms with Crippen LogP contribution in [0.25, 0.3) is 0 Å². The molecular formula is C18H27NO3. The van der Waals surface area contributed by atoms with E-state index in [-0.39, 0.29) is 30.7 Å². The second kappa shape index (κ2) is 8.08. The molecule has 0 spiro atoms. The number of rotatable bonds is 8. The largest absolute Gasteiger partial charge is 0.461 e. The molecule has 2 N–H and O–H groups in total. The van der Waals surface area contributed by atoms with E-state index >= 15 is 0 Å². The molecule has 0 aromatic heterocycles. The van der Waals surface area contributed by atoms with Crippen molar-refractivity contribution in [1.82, 2.24) is 0 Å². The molecular weight excluding hydrogens is 278 g/mol. The van der Waals surface area contributed by atoms with E-state index < -0.39 is 11.5 Å². The third kappa shape index (κ3) is 5.26. The molecule has 1 aromatic rings. The summed E-state index contributed by atoms with van der Waals surface area (Å²) in [6.45, 7) is 8.04. The highest BCUT2D eigenvalue weighted by atomic mass is 16.5. The second-order valence-corrected chi connectivity index (χ2v) is 6.53. The van der Waals surface area contributed by atoms with E-state index in [0.717, 1.165) is 5.56 Å². The van der Waals surface area contributed by atoms with Crippen LogP contribution < -0.4 is 5.73 Å². The Morgan fingerprint density at radius 1 is 1.18 bits per heavy atom. The van der Waals surface area contributed by atoms with Crippen LogP contribution in [0.4, 0.5) is 0 Å². The van der Waals surface area contributed by atoms with E-state index in [1.807, 2.05) is 58.0 Å². The number of carbonyl (C=O) groups is 2. The molecule has 1 atom stereocenters. The van der Waals surface area contributed by atoms with Gasteiger partial charge in [0.2, 0.25) is 0 Å². The van der Waals surface area contributed by atoms with Crippen LogP contribution in [-0.4, -0.2) is 17.8 Å². The summed E-state index contributed by atoms with van der Waals surface area (Å²) in [6, 6.07) is 8.87. The van der Waals surface area contributed by atoms with Gasteiger partial charge in [0.05, 0.1) is 6.04 Å². The first-order valence-electron chi connectivity index (χ1n) is 7.74. The zero-order valence-corrected chi connectivity index (χ0v) is 14.0. The highest BCUT2D eigenvalue weighted by molar-refractivity contribution is 5.89. The number of ketones is 1. The highest BCUT2D eigenvalue weighted by Gasteiger charge is 2.34. The van der Waals surface area contributed by atoms with Crippen molar-refractivity contribution >= 4 is 11.8 Å². The number of hydrogen-bond acceptors (Lipinski definition) is 4. The number of hydrogen-bond donors (Lipinski definition) is 1. The monoisotopic (exact) mass is 305 g/mol. The van der Waals surface area contributed by atoms with E-state index in [4.69, 9.17) is 10.5 Å². The third-order valence-electron chi connectivity index (χ3n) is 4.32. The molecule has 22 heavy (non-hydrogen) atoms. The van der Waals surface area contributed by atoms with Crippen molar-refractivity contribution in [2.45, 2.75) is 53.2 Å². The number of ether oxygens (including phenoxy) is 1. The van der Waals surface area contributed by atoms with Crippen LogP contribution in [-0.2, 0) is 20.9 Å². The Morgan fingerprint density at radius 2 is 1.77 bits per heavy atom. The van der Waals surface area contributed by atoms with Gasteiger partial charge in [-0.3, -0.25) is 9.59 Å². The molecule has 1 aromatic carbocycles. The van der Waals surface area contributed by atoms with Gasteiger partial charge in [-0.1, -0.05) is 58.0 Å². The number of Topliss-reactive ketones (excluding diaryl/α,β-unsaturated/α-hetero) is 1. The van der Waals surface area contributed by atoms with Gasteiger partial charge in [-0.15, -0.1) is 0 Å². The van der Waals surface area contributed by atoms with Crippen molar-refractivity contribution in [2.24, 2.45) is 17.1 Å². The molecule has 0 saturated heterocycles. The summed E-state index contributed by atoms with van der Waals surface area (Å²) in [5.74, 6) is -0.121. The quantitative estimate of drug-likeness (QED) is 0.749. The Balaban J connectivity index is 2.39. The van der Waals surface area contributed by atoms with Crippen LogP contribution in [0.5, 0.6) is 0 Å². The zero-order chi connectivity index (χ0) is 16.8. The summed E-state index contributed by atoms with van der Waals surface area (Å²) in [4.78, 5) is 24.1. The smallest absolute Gasteiger partial charge is 0.306 e. The molecule has 4 nitrogen and oxygen atoms in total. The van der Waals surface area contributed by atoms with Gasteiger partial charge >= 0.3 is 5.97 Å². The number of carbonyl (C=O) groups excluding carboxylic acids is 2. The molecule has 0 aliphatic rings. The Bertz CT molecular complexity index is 494. The van der Waals surface area contributed by atoms with E-state index in [9.17, 15) is 9.59 Å². The molecule has 1 rings (SSSR count). The summed E-state index contributed by atoms with van der Waals surface area (Å²) < 4.78 is 5.19. The van der Waals surface area contributed by atoms with Gasteiger partial charge in [-0.05, 0) is 17.9 Å². The maximum Gasteiger partial charge on any atom is 0.306 e. The van der Waals surface area contributed by atoms with Crippen molar-refractivity contribution in [3.05, 3.63) is 35.9 Å². The molecule has 122 valence electrons. The minimum absolute atomic E-state index is 0.00152. The van der Waals surface area contributed by atoms with Crippen LogP contribution in [0.2, 0.25) is 0 Å². The van der Waals surface area contributed by atoms with E-state index in [2.05, 4.69) is 0 Å². The fourth-order valence-electron chi connectivity index (χ4n) is 1.98. The van der Waals surface area contributed by atoms with Crippen molar-refractivity contribution in [2.75, 3.05) is 0 Å². The lowest BCUT2D eigenvalue weighted by molar-refractivity contribution is -0.145. The summed E-state index contributed by atoms with van der Waals surface area (Å²) in [6.07, 6.45) is 0.483. The Morgan fingerprint density at radius 3 is 2.32 bits per heavy atom. The minimum atomic E-state index is -0.623. The number of nitrogens with two attached hydrogens (primary N) is 1. The van der Waals surface area contributed by atoms with Gasteiger partial charge in [0.1, 0.15) is 6.61 Å². The Kier molecular flexibility index (Phi) is 6.75. The third-order valence-corrected chi connectivity index (χ3v) is 4.32. The number of esters is 1. The first-order chi connectivity index (χ1) is 10.2. The Hall–Kier alpha value is -1.68. The standard InChI is InChI=1S/C18H27NO3/c1-13(2)18(3,4)17(21)15(19)10-11-16(20)22-12-14-8-6-5-7-9-14/h5-9,13,15H,10-12,19H2,1-4H3/t15-/m1/s1. The fraction of sp³-hybridized carbons (Fsp3) is 0.556. The average Bonchev–Trinajstić information content (AvgIpc) is 2.50. The maximum absolute atomic E-state index is 12.3. The van der Waals surface area contributed by atoms with Crippen LogP contribution in [0.15, 0.2) is 30.3 Å². The molecule has 0 bridgehead atoms. The molecule has 0 aliphatic carbocycles. The van der Waals surface area contributed by atoms with Crippen molar-refractivity contribution in [3.63, 3.8) is 0 Å². The van der Waals surface area contributed by atoms with Gasteiger partial charge < -0.3 is 10.5 Å². The van der Waals surface area contributed by atoms with Gasteiger partial charge in [0, 0.05) is 11.8 Å². The predicted octanol–water partition coefficient (Wildman–Crippen LogP) is 3.09. The van der Waals surface area contributed by atoms with Gasteiger partial charge in [0.25, 0.3) is 0 Å². The topological polar surface area (TPSA) is 69.4 Å². The van der Waals surface area contributed by atoms with Crippen molar-refractivity contribution in [3.8, 4) is 0 Å². The van der Waals surface area contributed by atoms with Gasteiger partial charge in [-0.25, -0.2) is 0 Å². The van der Waals surface area contributed by atoms with Crippen LogP contribution in [0, 0.1) is 11.3 Å². The van der Waals surface area contributed by atoms with Crippen LogP contribution in [0.1, 0.15) is 46.1 Å². The second-order valence-electron chi connectivity index (χ2n) is 6.53. The molecule has 0 fully saturated rings. The van der Waals surface area contributed by atoms with E-state index in [1.54, 1.807) is 0 Å². The van der Waals surface area contributed by atoms with Crippen molar-refractivity contribution < 1.29 is 14.3 Å². The van der Waals surface area contributed by atoms with Gasteiger partial charge in [-0.2, -0.15) is 0 Å². The minimum Gasteiger partial charge on any atom is -0.461 e. The number of benzene rings is 1. The molecule has 0 heterocycles. The molecule has 0 radical (unpaired) electrons. The maximum atomic E-state index is 12.3. The molecule has 0 aliphatic heterocycles. The van der Waals surface area contributed by atoms with Gasteiger partial charge in [0.15, 0.2) is 5.78 Å². The first kappa shape index (κ1) is 18.4. The average molecular weight is 305 g/mol. The molecule has 0 amide bonds.